The fourth-order valence-corrected chi connectivity index (χ4v) is 3.09. The number of hydrogen-bond donors (Lipinski definition) is 1. The Morgan fingerprint density at radius 3 is 2.35 bits per heavy atom. The van der Waals surface area contributed by atoms with Gasteiger partial charge in [0, 0.05) is 6.54 Å². The molecule has 2 nitrogen and oxygen atoms in total. The van der Waals surface area contributed by atoms with Crippen molar-refractivity contribution in [3.05, 3.63) is 0 Å². The van der Waals surface area contributed by atoms with E-state index in [-0.39, 0.29) is 5.60 Å². The molecular weight excluding hydrogens is 210 g/mol. The normalized spacial score (nSPS) is 29.8. The molecular formula is C15H31NO. The number of ether oxygens (including phenoxy) is 1. The van der Waals surface area contributed by atoms with E-state index < -0.39 is 0 Å². The number of hydrogen-bond acceptors (Lipinski definition) is 2. The molecule has 1 aliphatic rings. The second-order valence-corrected chi connectivity index (χ2v) is 5.86. The maximum Gasteiger partial charge on any atom is 0.0809 e. The Hall–Kier alpha value is -0.0800. The van der Waals surface area contributed by atoms with Crippen molar-refractivity contribution < 1.29 is 4.74 Å². The average Bonchev–Trinajstić information content (AvgIpc) is 2.29. The van der Waals surface area contributed by atoms with E-state index >= 15 is 0 Å². The molecule has 1 fully saturated rings. The van der Waals surface area contributed by atoms with Gasteiger partial charge in [-0.3, -0.25) is 0 Å². The quantitative estimate of drug-likeness (QED) is 0.733. The lowest BCUT2D eigenvalue weighted by Gasteiger charge is -2.41. The largest absolute Gasteiger partial charge is 0.371 e. The Bertz CT molecular complexity index is 195. The molecule has 2 heteroatoms. The van der Waals surface area contributed by atoms with Crippen LogP contribution in [0.4, 0.5) is 0 Å². The topological polar surface area (TPSA) is 21.3 Å². The van der Waals surface area contributed by atoms with Crippen LogP contribution in [0.15, 0.2) is 0 Å². The van der Waals surface area contributed by atoms with E-state index in [2.05, 4.69) is 33.0 Å². The molecule has 0 aromatic rings. The summed E-state index contributed by atoms with van der Waals surface area (Å²) in [7, 11) is 0. The van der Waals surface area contributed by atoms with E-state index in [1.165, 1.54) is 38.5 Å². The number of nitrogens with one attached hydrogen (secondary N) is 1. The van der Waals surface area contributed by atoms with Crippen molar-refractivity contribution >= 4 is 0 Å². The fraction of sp³-hybridized carbons (Fsp3) is 1.00. The average molecular weight is 241 g/mol. The van der Waals surface area contributed by atoms with Crippen LogP contribution in [0.5, 0.6) is 0 Å². The van der Waals surface area contributed by atoms with Gasteiger partial charge in [0.05, 0.1) is 11.7 Å². The lowest BCUT2D eigenvalue weighted by molar-refractivity contribution is -0.106. The highest BCUT2D eigenvalue weighted by Crippen LogP contribution is 2.37. The molecule has 17 heavy (non-hydrogen) atoms. The monoisotopic (exact) mass is 241 g/mol. The molecule has 0 aromatic carbocycles. The molecule has 0 spiro atoms. The highest BCUT2D eigenvalue weighted by Gasteiger charge is 2.36. The van der Waals surface area contributed by atoms with Gasteiger partial charge < -0.3 is 10.1 Å². The summed E-state index contributed by atoms with van der Waals surface area (Å²) in [6.45, 7) is 10.9. The van der Waals surface area contributed by atoms with Crippen LogP contribution in [0, 0.1) is 5.92 Å². The van der Waals surface area contributed by atoms with Crippen LogP contribution in [-0.4, -0.2) is 24.8 Å². The van der Waals surface area contributed by atoms with E-state index in [1.54, 1.807) is 0 Å². The van der Waals surface area contributed by atoms with Crippen LogP contribution in [-0.2, 0) is 4.74 Å². The smallest absolute Gasteiger partial charge is 0.0809 e. The predicted octanol–water partition coefficient (Wildman–Crippen LogP) is 3.75. The van der Waals surface area contributed by atoms with Crippen LogP contribution < -0.4 is 5.32 Å². The van der Waals surface area contributed by atoms with Crippen LogP contribution in [0.25, 0.3) is 0 Å². The Labute approximate surface area is 108 Å². The van der Waals surface area contributed by atoms with Gasteiger partial charge in [-0.2, -0.15) is 0 Å². The number of rotatable bonds is 7. The van der Waals surface area contributed by atoms with Crippen molar-refractivity contribution in [3.63, 3.8) is 0 Å². The van der Waals surface area contributed by atoms with Gasteiger partial charge in [0.25, 0.3) is 0 Å². The molecule has 1 saturated carbocycles. The lowest BCUT2D eigenvalue weighted by Crippen LogP contribution is -2.47. The first kappa shape index (κ1) is 15.0. The van der Waals surface area contributed by atoms with Crippen LogP contribution in [0.1, 0.15) is 66.2 Å². The zero-order valence-electron chi connectivity index (χ0n) is 12.2. The van der Waals surface area contributed by atoms with Gasteiger partial charge in [-0.05, 0) is 52.0 Å². The molecule has 1 aliphatic carbocycles. The molecule has 102 valence electrons. The summed E-state index contributed by atoms with van der Waals surface area (Å²) in [5.74, 6) is 0.950. The van der Waals surface area contributed by atoms with Crippen LogP contribution in [0.3, 0.4) is 0 Å². The molecule has 0 bridgehead atoms. The summed E-state index contributed by atoms with van der Waals surface area (Å²) in [5, 5.41) is 3.49. The standard InChI is InChI=1S/C15H31NO/c1-5-7-14-8-10-15(11-9-14,12-16-6-2)17-13(3)4/h13-14,16H,5-12H2,1-4H3. The SMILES string of the molecule is CCCC1CCC(CNCC)(OC(C)C)CC1. The van der Waals surface area contributed by atoms with Gasteiger partial charge in [0.15, 0.2) is 0 Å². The number of likely N-dealkylation sites (N-methyl/N-ethyl adjacent to an activating group) is 1. The summed E-state index contributed by atoms with van der Waals surface area (Å²) < 4.78 is 6.24. The first-order valence-corrected chi connectivity index (χ1v) is 7.50. The zero-order chi connectivity index (χ0) is 12.7. The van der Waals surface area contributed by atoms with Crippen molar-refractivity contribution in [3.8, 4) is 0 Å². The van der Waals surface area contributed by atoms with E-state index in [4.69, 9.17) is 4.74 Å². The minimum absolute atomic E-state index is 0.119. The molecule has 0 aromatic heterocycles. The van der Waals surface area contributed by atoms with E-state index in [1.807, 2.05) is 0 Å². The van der Waals surface area contributed by atoms with E-state index in [9.17, 15) is 0 Å². The van der Waals surface area contributed by atoms with Crippen molar-refractivity contribution in [2.75, 3.05) is 13.1 Å². The maximum atomic E-state index is 6.24. The summed E-state index contributed by atoms with van der Waals surface area (Å²) in [6.07, 6.45) is 8.26. The van der Waals surface area contributed by atoms with Crippen molar-refractivity contribution in [1.29, 1.82) is 0 Å². The van der Waals surface area contributed by atoms with Gasteiger partial charge >= 0.3 is 0 Å². The Balaban J connectivity index is 2.48. The summed E-state index contributed by atoms with van der Waals surface area (Å²) >= 11 is 0. The van der Waals surface area contributed by atoms with Gasteiger partial charge in [-0.25, -0.2) is 0 Å². The van der Waals surface area contributed by atoms with E-state index in [0.717, 1.165) is 19.0 Å². The summed E-state index contributed by atoms with van der Waals surface area (Å²) in [6, 6.07) is 0. The Kier molecular flexibility index (Phi) is 6.50. The molecule has 0 unspecified atom stereocenters. The summed E-state index contributed by atoms with van der Waals surface area (Å²) in [5.41, 5.74) is 0.119. The molecule has 1 N–H and O–H groups in total. The van der Waals surface area contributed by atoms with Gasteiger partial charge in [0.2, 0.25) is 0 Å². The van der Waals surface area contributed by atoms with E-state index in [0.29, 0.717) is 6.10 Å². The highest BCUT2D eigenvalue weighted by atomic mass is 16.5. The molecule has 0 heterocycles. The lowest BCUT2D eigenvalue weighted by atomic mass is 9.77. The van der Waals surface area contributed by atoms with Crippen molar-refractivity contribution in [2.45, 2.75) is 77.9 Å². The molecule has 0 amide bonds. The van der Waals surface area contributed by atoms with Crippen LogP contribution in [0.2, 0.25) is 0 Å². The third kappa shape index (κ3) is 4.97. The van der Waals surface area contributed by atoms with Gasteiger partial charge in [-0.1, -0.05) is 26.7 Å². The third-order valence-corrected chi connectivity index (χ3v) is 3.90. The first-order valence-electron chi connectivity index (χ1n) is 7.50. The summed E-state index contributed by atoms with van der Waals surface area (Å²) in [4.78, 5) is 0. The second-order valence-electron chi connectivity index (χ2n) is 5.86. The molecule has 0 radical (unpaired) electrons. The first-order chi connectivity index (χ1) is 8.12. The highest BCUT2D eigenvalue weighted by molar-refractivity contribution is 4.89. The van der Waals surface area contributed by atoms with Gasteiger partial charge in [-0.15, -0.1) is 0 Å². The van der Waals surface area contributed by atoms with Crippen LogP contribution >= 0.6 is 0 Å². The van der Waals surface area contributed by atoms with Gasteiger partial charge in [0.1, 0.15) is 0 Å². The fourth-order valence-electron chi connectivity index (χ4n) is 3.09. The minimum atomic E-state index is 0.119. The molecule has 0 aliphatic heterocycles. The Morgan fingerprint density at radius 1 is 1.24 bits per heavy atom. The molecule has 1 rings (SSSR count). The van der Waals surface area contributed by atoms with Crippen molar-refractivity contribution in [1.82, 2.24) is 5.32 Å². The second kappa shape index (κ2) is 7.38. The minimum Gasteiger partial charge on any atom is -0.371 e. The Morgan fingerprint density at radius 2 is 1.88 bits per heavy atom. The molecule has 0 atom stereocenters. The third-order valence-electron chi connectivity index (χ3n) is 3.90. The predicted molar refractivity (Wildman–Crippen MR) is 74.4 cm³/mol. The molecule has 0 saturated heterocycles. The van der Waals surface area contributed by atoms with Crippen molar-refractivity contribution in [2.24, 2.45) is 5.92 Å². The zero-order valence-corrected chi connectivity index (χ0v) is 12.2. The maximum absolute atomic E-state index is 6.24.